The molecular weight excluding hydrogens is 579 g/mol. The molecule has 3 unspecified atom stereocenters. The molecule has 0 N–H and O–H groups in total. The number of benzene rings is 2. The van der Waals surface area contributed by atoms with Gasteiger partial charge >= 0.3 is 12.1 Å². The first-order valence-electron chi connectivity index (χ1n) is 17.2. The summed E-state index contributed by atoms with van der Waals surface area (Å²) in [5, 5.41) is 0.0468. The molecule has 3 fully saturated rings. The zero-order chi connectivity index (χ0) is 32.1. The van der Waals surface area contributed by atoms with Gasteiger partial charge in [0.2, 0.25) is 0 Å². The van der Waals surface area contributed by atoms with Gasteiger partial charge in [-0.1, -0.05) is 81.8 Å². The summed E-state index contributed by atoms with van der Waals surface area (Å²) < 4.78 is 19.5. The number of likely N-dealkylation sites (tertiary alicyclic amines) is 1. The van der Waals surface area contributed by atoms with Gasteiger partial charge in [-0.3, -0.25) is 4.90 Å². The fourth-order valence-electron chi connectivity index (χ4n) is 8.77. The Labute approximate surface area is 271 Å². The van der Waals surface area contributed by atoms with Gasteiger partial charge in [-0.05, 0) is 104 Å². The fraction of sp³-hybridized carbons (Fsp3) is 0.632. The number of hydrogen-bond donors (Lipinski definition) is 0. The molecule has 2 aromatic rings. The molecule has 4 aliphatic rings. The van der Waals surface area contributed by atoms with Crippen molar-refractivity contribution in [2.24, 2.45) is 17.3 Å². The van der Waals surface area contributed by atoms with Crippen LogP contribution in [0.2, 0.25) is 18.1 Å². The lowest BCUT2D eigenvalue weighted by molar-refractivity contribution is -0.168. The lowest BCUT2D eigenvalue weighted by Gasteiger charge is -2.50. The smallest absolute Gasteiger partial charge is 0.410 e. The van der Waals surface area contributed by atoms with Gasteiger partial charge in [-0.2, -0.15) is 0 Å². The Morgan fingerprint density at radius 2 is 1.80 bits per heavy atom. The number of carbonyl (C=O) groups excluding carboxylic acids is 2. The topological polar surface area (TPSA) is 65.1 Å². The lowest BCUT2D eigenvalue weighted by atomic mass is 9.55. The molecule has 0 spiro atoms. The molecule has 2 saturated carbocycles. The van der Waals surface area contributed by atoms with Gasteiger partial charge in [-0.25, -0.2) is 9.59 Å². The highest BCUT2D eigenvalue weighted by Gasteiger charge is 2.62. The summed E-state index contributed by atoms with van der Waals surface area (Å²) in [6, 6.07) is 16.1. The van der Waals surface area contributed by atoms with E-state index in [1.807, 2.05) is 30.3 Å². The molecule has 1 heterocycles. The van der Waals surface area contributed by atoms with Crippen LogP contribution in [0.15, 0.2) is 48.5 Å². The first kappa shape index (κ1) is 32.3. The molecule has 7 heteroatoms. The minimum Gasteiger partial charge on any atom is -0.458 e. The maximum atomic E-state index is 14.1. The molecule has 3 aliphatic carbocycles. The molecule has 7 atom stereocenters. The van der Waals surface area contributed by atoms with Gasteiger partial charge < -0.3 is 13.9 Å². The maximum absolute atomic E-state index is 14.1. The van der Waals surface area contributed by atoms with Crippen molar-refractivity contribution in [3.05, 3.63) is 70.8 Å². The van der Waals surface area contributed by atoms with E-state index in [4.69, 9.17) is 13.9 Å². The van der Waals surface area contributed by atoms with E-state index in [9.17, 15) is 9.59 Å². The summed E-state index contributed by atoms with van der Waals surface area (Å²) in [5.41, 5.74) is 5.17. The molecule has 0 aromatic heterocycles. The molecule has 6 rings (SSSR count). The molecule has 1 amide bonds. The Morgan fingerprint density at radius 3 is 2.53 bits per heavy atom. The second-order valence-corrected chi connectivity index (χ2v) is 20.8. The second kappa shape index (κ2) is 12.2. The van der Waals surface area contributed by atoms with Crippen molar-refractivity contribution in [3.63, 3.8) is 0 Å². The zero-order valence-corrected chi connectivity index (χ0v) is 29.4. The van der Waals surface area contributed by atoms with E-state index >= 15 is 0 Å². The van der Waals surface area contributed by atoms with Crippen LogP contribution in [0.25, 0.3) is 0 Å². The van der Waals surface area contributed by atoms with E-state index in [0.29, 0.717) is 30.7 Å². The average molecular weight is 632 g/mol. The molecule has 1 aliphatic heterocycles. The monoisotopic (exact) mass is 631 g/mol. The first-order valence-corrected chi connectivity index (χ1v) is 20.1. The van der Waals surface area contributed by atoms with Gasteiger partial charge in [0, 0.05) is 12.0 Å². The van der Waals surface area contributed by atoms with E-state index in [1.54, 1.807) is 4.90 Å². The number of amides is 1. The highest BCUT2D eigenvalue weighted by Crippen LogP contribution is 2.62. The quantitative estimate of drug-likeness (QED) is 0.236. The molecule has 0 bridgehead atoms. The molecule has 244 valence electrons. The normalized spacial score (nSPS) is 31.1. The standard InChI is InChI=1S/C38H53NO5Si/c1-25-15-17-28-27(22-25)16-18-30-29(28)19-20-38(5)31(30)23-33(44-45(6,7)37(2,3)4)34(38)43-35(40)32-14-11-21-39(32)36(41)42-24-26-12-9-8-10-13-26/h8-10,12-13,15,17,22,29-34H,11,14,16,18-21,23-24H2,1-7H3/t29?,30?,31?,32-,33+,34-,38-/m0/s1. The Kier molecular flexibility index (Phi) is 8.75. The van der Waals surface area contributed by atoms with Gasteiger partial charge in [0.05, 0.1) is 6.10 Å². The van der Waals surface area contributed by atoms with Crippen LogP contribution in [0.1, 0.15) is 94.4 Å². The van der Waals surface area contributed by atoms with Crippen molar-refractivity contribution in [1.29, 1.82) is 0 Å². The largest absolute Gasteiger partial charge is 0.458 e. The van der Waals surface area contributed by atoms with E-state index in [1.165, 1.54) is 23.1 Å². The van der Waals surface area contributed by atoms with Gasteiger partial charge in [0.25, 0.3) is 0 Å². The molecular formula is C38H53NO5Si. The maximum Gasteiger partial charge on any atom is 0.410 e. The Morgan fingerprint density at radius 1 is 1.04 bits per heavy atom. The zero-order valence-electron chi connectivity index (χ0n) is 28.4. The number of ether oxygens (including phenoxy) is 2. The minimum absolute atomic E-state index is 0.0468. The highest BCUT2D eigenvalue weighted by molar-refractivity contribution is 6.74. The van der Waals surface area contributed by atoms with Crippen LogP contribution in [-0.2, 0) is 31.7 Å². The molecule has 45 heavy (non-hydrogen) atoms. The number of esters is 1. The first-order chi connectivity index (χ1) is 21.3. The third-order valence-electron chi connectivity index (χ3n) is 12.3. The van der Waals surface area contributed by atoms with Crippen LogP contribution in [0.3, 0.4) is 0 Å². The molecule has 6 nitrogen and oxygen atoms in total. The van der Waals surface area contributed by atoms with Crippen LogP contribution < -0.4 is 0 Å². The Balaban J connectivity index is 1.23. The number of hydrogen-bond acceptors (Lipinski definition) is 5. The number of carbonyl (C=O) groups is 2. The van der Waals surface area contributed by atoms with Crippen LogP contribution >= 0.6 is 0 Å². The Hall–Kier alpha value is -2.64. The van der Waals surface area contributed by atoms with E-state index < -0.39 is 20.5 Å². The molecule has 1 saturated heterocycles. The van der Waals surface area contributed by atoms with Crippen molar-refractivity contribution in [3.8, 4) is 0 Å². The van der Waals surface area contributed by atoms with Crippen molar-refractivity contribution >= 4 is 20.4 Å². The summed E-state index contributed by atoms with van der Waals surface area (Å²) in [6.45, 7) is 16.7. The van der Waals surface area contributed by atoms with Crippen molar-refractivity contribution in [2.75, 3.05) is 6.54 Å². The molecule has 2 aromatic carbocycles. The van der Waals surface area contributed by atoms with E-state index in [-0.39, 0.29) is 35.2 Å². The highest BCUT2D eigenvalue weighted by atomic mass is 28.4. The number of fused-ring (bicyclic) bond motifs is 5. The predicted octanol–water partition coefficient (Wildman–Crippen LogP) is 8.56. The van der Waals surface area contributed by atoms with E-state index in [2.05, 4.69) is 65.9 Å². The lowest BCUT2D eigenvalue weighted by Crippen LogP contribution is -2.52. The summed E-state index contributed by atoms with van der Waals surface area (Å²) in [6.07, 6.45) is 5.79. The van der Waals surface area contributed by atoms with Crippen LogP contribution in [-0.4, -0.2) is 50.1 Å². The summed E-state index contributed by atoms with van der Waals surface area (Å²) in [4.78, 5) is 28.8. The third kappa shape index (κ3) is 6.11. The SMILES string of the molecule is Cc1ccc2c(c1)CCC1C2CC[C@@]2(C)C1C[C@@H](O[Si](C)(C)C(C)(C)C)[C@@H]2OC(=O)[C@@H]1CCCN1C(=O)OCc1ccccc1. The number of rotatable bonds is 6. The van der Waals surface area contributed by atoms with Crippen molar-refractivity contribution < 1.29 is 23.5 Å². The van der Waals surface area contributed by atoms with Gasteiger partial charge in [0.1, 0.15) is 18.8 Å². The predicted molar refractivity (Wildman–Crippen MR) is 179 cm³/mol. The fourth-order valence-corrected chi connectivity index (χ4v) is 10.1. The third-order valence-corrected chi connectivity index (χ3v) is 16.8. The van der Waals surface area contributed by atoms with Crippen LogP contribution in [0.5, 0.6) is 0 Å². The molecule has 0 radical (unpaired) electrons. The summed E-state index contributed by atoms with van der Waals surface area (Å²) in [7, 11) is -2.15. The second-order valence-electron chi connectivity index (χ2n) is 16.1. The van der Waals surface area contributed by atoms with Crippen molar-refractivity contribution in [1.82, 2.24) is 4.90 Å². The summed E-state index contributed by atoms with van der Waals surface area (Å²) in [5.74, 6) is 1.24. The average Bonchev–Trinajstić information content (AvgIpc) is 3.59. The van der Waals surface area contributed by atoms with Crippen LogP contribution in [0, 0.1) is 24.2 Å². The summed E-state index contributed by atoms with van der Waals surface area (Å²) >= 11 is 0. The van der Waals surface area contributed by atoms with Crippen molar-refractivity contribution in [2.45, 2.75) is 128 Å². The number of nitrogens with zero attached hydrogens (tertiary/aromatic N) is 1. The Bertz CT molecular complexity index is 1400. The van der Waals surface area contributed by atoms with Gasteiger partial charge in [-0.15, -0.1) is 0 Å². The van der Waals surface area contributed by atoms with Crippen LogP contribution in [0.4, 0.5) is 4.79 Å². The van der Waals surface area contributed by atoms with E-state index in [0.717, 1.165) is 37.7 Å². The number of aryl methyl sites for hydroxylation is 2. The minimum atomic E-state index is -2.15. The van der Waals surface area contributed by atoms with Gasteiger partial charge in [0.15, 0.2) is 8.32 Å².